The van der Waals surface area contributed by atoms with E-state index in [1.54, 1.807) is 0 Å². The van der Waals surface area contributed by atoms with E-state index < -0.39 is 0 Å². The summed E-state index contributed by atoms with van der Waals surface area (Å²) < 4.78 is 5.97. The molecular formula is C16H20ClNO. The second-order valence-electron chi connectivity index (χ2n) is 5.57. The molecule has 2 atom stereocenters. The highest BCUT2D eigenvalue weighted by atomic mass is 35.5. The van der Waals surface area contributed by atoms with Crippen LogP contribution in [0.5, 0.6) is 0 Å². The Morgan fingerprint density at radius 2 is 2.32 bits per heavy atom. The summed E-state index contributed by atoms with van der Waals surface area (Å²) in [5.74, 6) is 0. The third-order valence-corrected chi connectivity index (χ3v) is 4.92. The number of ether oxygens (including phenoxy) is 1. The average molecular weight is 278 g/mol. The van der Waals surface area contributed by atoms with Crippen molar-refractivity contribution in [2.45, 2.75) is 37.2 Å². The number of hydrogen-bond donors (Lipinski definition) is 1. The average Bonchev–Trinajstić information content (AvgIpc) is 2.47. The van der Waals surface area contributed by atoms with Crippen LogP contribution in [0.2, 0.25) is 5.02 Å². The Morgan fingerprint density at radius 3 is 3.16 bits per heavy atom. The molecule has 2 aliphatic rings. The third kappa shape index (κ3) is 2.22. The van der Waals surface area contributed by atoms with Crippen molar-refractivity contribution in [3.05, 3.63) is 40.9 Å². The standard InChI is InChI=1S/C16H20ClNO/c1-2-12-9-13(6-7-14(12)17)16-8-4-3-5-15(16)19-11-18-10-16/h2,6-7,9,15,18H,1,3-5,8,10-11H2/t15-,16-/m0/s1. The van der Waals surface area contributed by atoms with Crippen LogP contribution in [0.3, 0.4) is 0 Å². The molecule has 1 saturated carbocycles. The van der Waals surface area contributed by atoms with E-state index in [1.807, 2.05) is 12.1 Å². The summed E-state index contributed by atoms with van der Waals surface area (Å²) in [5.41, 5.74) is 2.46. The van der Waals surface area contributed by atoms with Crippen LogP contribution >= 0.6 is 11.6 Å². The number of halogens is 1. The van der Waals surface area contributed by atoms with Gasteiger partial charge in [0.25, 0.3) is 0 Å². The molecular weight excluding hydrogens is 258 g/mol. The lowest BCUT2D eigenvalue weighted by atomic mass is 9.66. The maximum atomic E-state index is 6.19. The minimum atomic E-state index is 0.110. The number of fused-ring (bicyclic) bond motifs is 1. The summed E-state index contributed by atoms with van der Waals surface area (Å²) in [6.07, 6.45) is 7.05. The van der Waals surface area contributed by atoms with E-state index in [1.165, 1.54) is 24.8 Å². The zero-order valence-corrected chi connectivity index (χ0v) is 11.9. The molecule has 2 fully saturated rings. The summed E-state index contributed by atoms with van der Waals surface area (Å²) in [4.78, 5) is 0. The minimum Gasteiger partial charge on any atom is -0.362 e. The summed E-state index contributed by atoms with van der Waals surface area (Å²) >= 11 is 6.19. The molecule has 0 spiro atoms. The fourth-order valence-corrected chi connectivity index (χ4v) is 3.72. The van der Waals surface area contributed by atoms with Gasteiger partial charge in [-0.1, -0.05) is 43.2 Å². The highest BCUT2D eigenvalue weighted by molar-refractivity contribution is 6.32. The lowest BCUT2D eigenvalue weighted by Crippen LogP contribution is -2.55. The van der Waals surface area contributed by atoms with Gasteiger partial charge in [-0.05, 0) is 36.1 Å². The van der Waals surface area contributed by atoms with Gasteiger partial charge in [0, 0.05) is 17.0 Å². The first kappa shape index (κ1) is 13.2. The van der Waals surface area contributed by atoms with Gasteiger partial charge in [0.05, 0.1) is 12.8 Å². The van der Waals surface area contributed by atoms with Gasteiger partial charge in [-0.25, -0.2) is 0 Å². The molecule has 3 rings (SSSR count). The molecule has 2 nitrogen and oxygen atoms in total. The predicted octanol–water partition coefficient (Wildman–Crippen LogP) is 3.74. The summed E-state index contributed by atoms with van der Waals surface area (Å²) in [6, 6.07) is 6.33. The van der Waals surface area contributed by atoms with Gasteiger partial charge in [-0.3, -0.25) is 5.32 Å². The van der Waals surface area contributed by atoms with Crippen LogP contribution in [0.1, 0.15) is 36.8 Å². The summed E-state index contributed by atoms with van der Waals surface area (Å²) in [6.45, 7) is 5.52. The van der Waals surface area contributed by atoms with Gasteiger partial charge < -0.3 is 4.74 Å². The van der Waals surface area contributed by atoms with Gasteiger partial charge in [-0.15, -0.1) is 0 Å². The van der Waals surface area contributed by atoms with E-state index in [9.17, 15) is 0 Å². The fraction of sp³-hybridized carbons (Fsp3) is 0.500. The van der Waals surface area contributed by atoms with Gasteiger partial charge >= 0.3 is 0 Å². The maximum absolute atomic E-state index is 6.19. The second-order valence-corrected chi connectivity index (χ2v) is 5.98. The van der Waals surface area contributed by atoms with Crippen LogP contribution in [-0.4, -0.2) is 19.4 Å². The quantitative estimate of drug-likeness (QED) is 0.889. The normalized spacial score (nSPS) is 30.7. The van der Waals surface area contributed by atoms with Crippen LogP contribution < -0.4 is 5.32 Å². The summed E-state index contributed by atoms with van der Waals surface area (Å²) in [7, 11) is 0. The SMILES string of the molecule is C=Cc1cc([C@@]23CCCC[C@@H]2OCNC3)ccc1Cl. The maximum Gasteiger partial charge on any atom is 0.0969 e. The third-order valence-electron chi connectivity index (χ3n) is 4.57. The van der Waals surface area contributed by atoms with E-state index in [2.05, 4.69) is 24.0 Å². The van der Waals surface area contributed by atoms with E-state index in [0.717, 1.165) is 23.6 Å². The van der Waals surface area contributed by atoms with Crippen molar-refractivity contribution in [3.63, 3.8) is 0 Å². The van der Waals surface area contributed by atoms with Gasteiger partial charge in [-0.2, -0.15) is 0 Å². The Balaban J connectivity index is 2.03. The Bertz CT molecular complexity index is 474. The molecule has 0 aromatic heterocycles. The smallest absolute Gasteiger partial charge is 0.0969 e. The zero-order chi connectivity index (χ0) is 13.3. The Labute approximate surface area is 119 Å². The first-order valence-electron chi connectivity index (χ1n) is 7.01. The molecule has 0 unspecified atom stereocenters. The number of nitrogens with one attached hydrogen (secondary N) is 1. The van der Waals surface area contributed by atoms with Crippen LogP contribution in [0.4, 0.5) is 0 Å². The Morgan fingerprint density at radius 1 is 1.42 bits per heavy atom. The molecule has 1 aliphatic carbocycles. The topological polar surface area (TPSA) is 21.3 Å². The van der Waals surface area contributed by atoms with Gasteiger partial charge in [0.15, 0.2) is 0 Å². The molecule has 3 heteroatoms. The van der Waals surface area contributed by atoms with Crippen LogP contribution in [0.25, 0.3) is 6.08 Å². The predicted molar refractivity (Wildman–Crippen MR) is 79.4 cm³/mol. The van der Waals surface area contributed by atoms with Crippen molar-refractivity contribution in [3.8, 4) is 0 Å². The van der Waals surface area contributed by atoms with Gasteiger partial charge in [0.2, 0.25) is 0 Å². The second kappa shape index (κ2) is 5.28. The minimum absolute atomic E-state index is 0.110. The summed E-state index contributed by atoms with van der Waals surface area (Å²) in [5, 5.41) is 4.16. The van der Waals surface area contributed by atoms with Gasteiger partial charge in [0.1, 0.15) is 0 Å². The molecule has 1 aromatic carbocycles. The van der Waals surface area contributed by atoms with Crippen LogP contribution in [0, 0.1) is 0 Å². The Hall–Kier alpha value is -0.830. The highest BCUT2D eigenvalue weighted by Gasteiger charge is 2.44. The molecule has 1 aromatic rings. The zero-order valence-electron chi connectivity index (χ0n) is 11.1. The van der Waals surface area contributed by atoms with Crippen molar-refractivity contribution in [1.29, 1.82) is 0 Å². The lowest BCUT2D eigenvalue weighted by Gasteiger charge is -2.47. The van der Waals surface area contributed by atoms with Crippen molar-refractivity contribution in [2.75, 3.05) is 13.3 Å². The van der Waals surface area contributed by atoms with Crippen molar-refractivity contribution < 1.29 is 4.74 Å². The first-order chi connectivity index (χ1) is 9.26. The molecule has 1 N–H and O–H groups in total. The van der Waals surface area contributed by atoms with Crippen molar-refractivity contribution in [2.24, 2.45) is 0 Å². The molecule has 102 valence electrons. The molecule has 19 heavy (non-hydrogen) atoms. The lowest BCUT2D eigenvalue weighted by molar-refractivity contribution is -0.0709. The van der Waals surface area contributed by atoms with E-state index in [4.69, 9.17) is 16.3 Å². The molecule has 0 amide bonds. The fourth-order valence-electron chi connectivity index (χ4n) is 3.53. The van der Waals surface area contributed by atoms with E-state index in [-0.39, 0.29) is 5.41 Å². The highest BCUT2D eigenvalue weighted by Crippen LogP contribution is 2.43. The van der Waals surface area contributed by atoms with Crippen molar-refractivity contribution >= 4 is 17.7 Å². The first-order valence-corrected chi connectivity index (χ1v) is 7.39. The monoisotopic (exact) mass is 277 g/mol. The number of hydrogen-bond acceptors (Lipinski definition) is 2. The Kier molecular flexibility index (Phi) is 3.66. The molecule has 0 radical (unpaired) electrons. The molecule has 1 heterocycles. The number of rotatable bonds is 2. The largest absolute Gasteiger partial charge is 0.362 e. The number of benzene rings is 1. The van der Waals surface area contributed by atoms with Crippen LogP contribution in [0.15, 0.2) is 24.8 Å². The van der Waals surface area contributed by atoms with Crippen LogP contribution in [-0.2, 0) is 10.2 Å². The van der Waals surface area contributed by atoms with E-state index >= 15 is 0 Å². The van der Waals surface area contributed by atoms with E-state index in [0.29, 0.717) is 12.8 Å². The molecule has 0 bridgehead atoms. The van der Waals surface area contributed by atoms with Crippen molar-refractivity contribution in [1.82, 2.24) is 5.32 Å². The molecule has 1 aliphatic heterocycles. The molecule has 1 saturated heterocycles.